The molecule has 1 aromatic rings. The minimum Gasteiger partial charge on any atom is -0.490 e. The number of anilines is 1. The van der Waals surface area contributed by atoms with Crippen LogP contribution in [0.1, 0.15) is 5.69 Å². The maximum atomic E-state index is 12.4. The van der Waals surface area contributed by atoms with Crippen molar-refractivity contribution >= 4 is 5.69 Å². The molecule has 96 valence electrons. The van der Waals surface area contributed by atoms with Crippen molar-refractivity contribution < 1.29 is 17.9 Å². The summed E-state index contributed by atoms with van der Waals surface area (Å²) >= 11 is 0. The van der Waals surface area contributed by atoms with Crippen LogP contribution in [0.25, 0.3) is 0 Å². The number of hydrogen-bond donors (Lipinski definition) is 1. The number of rotatable bonds is 4. The van der Waals surface area contributed by atoms with Crippen LogP contribution in [0.3, 0.4) is 0 Å². The lowest BCUT2D eigenvalue weighted by Crippen LogP contribution is -2.20. The highest BCUT2D eigenvalue weighted by atomic mass is 19.4. The Morgan fingerprint density at radius 3 is 2.59 bits per heavy atom. The summed E-state index contributed by atoms with van der Waals surface area (Å²) in [6, 6.07) is 0.811. The molecule has 7 heteroatoms. The number of hydrogen-bond acceptors (Lipinski definition) is 4. The molecule has 0 aliphatic carbocycles. The molecule has 0 radical (unpaired) electrons. The van der Waals surface area contributed by atoms with E-state index in [9.17, 15) is 13.2 Å². The summed E-state index contributed by atoms with van der Waals surface area (Å²) in [6.07, 6.45) is -3.54. The molecule has 0 aliphatic heterocycles. The van der Waals surface area contributed by atoms with Crippen LogP contribution in [0.4, 0.5) is 18.9 Å². The Labute approximate surface area is 97.2 Å². The molecule has 0 saturated carbocycles. The molecule has 0 amide bonds. The topological polar surface area (TPSA) is 51.4 Å². The van der Waals surface area contributed by atoms with Gasteiger partial charge in [-0.25, -0.2) is 4.98 Å². The molecule has 0 saturated heterocycles. The third-order valence-corrected chi connectivity index (χ3v) is 1.98. The molecule has 0 spiro atoms. The molecular formula is C10H14F3N3O. The minimum absolute atomic E-state index is 0.00850. The lowest BCUT2D eigenvalue weighted by molar-refractivity contribution is -0.141. The van der Waals surface area contributed by atoms with Gasteiger partial charge in [-0.1, -0.05) is 0 Å². The predicted molar refractivity (Wildman–Crippen MR) is 57.7 cm³/mol. The molecule has 0 atom stereocenters. The number of aromatic nitrogens is 1. The van der Waals surface area contributed by atoms with E-state index in [4.69, 9.17) is 10.5 Å². The summed E-state index contributed by atoms with van der Waals surface area (Å²) in [4.78, 5) is 5.06. The fourth-order valence-corrected chi connectivity index (χ4v) is 1.07. The Bertz CT molecular complexity index is 380. The second-order valence-electron chi connectivity index (χ2n) is 3.76. The van der Waals surface area contributed by atoms with Gasteiger partial charge in [-0.05, 0) is 14.1 Å². The maximum Gasteiger partial charge on any atom is 0.433 e. The van der Waals surface area contributed by atoms with Crippen molar-refractivity contribution in [2.45, 2.75) is 6.18 Å². The van der Waals surface area contributed by atoms with Crippen molar-refractivity contribution in [2.24, 2.45) is 0 Å². The van der Waals surface area contributed by atoms with Gasteiger partial charge in [0.15, 0.2) is 0 Å². The van der Waals surface area contributed by atoms with Crippen LogP contribution >= 0.6 is 0 Å². The second kappa shape index (κ2) is 5.22. The van der Waals surface area contributed by atoms with Crippen LogP contribution in [-0.2, 0) is 6.18 Å². The fraction of sp³-hybridized carbons (Fsp3) is 0.500. The number of pyridine rings is 1. The third kappa shape index (κ3) is 4.10. The van der Waals surface area contributed by atoms with Gasteiger partial charge in [-0.15, -0.1) is 0 Å². The highest BCUT2D eigenvalue weighted by molar-refractivity contribution is 5.51. The first-order valence-corrected chi connectivity index (χ1v) is 4.91. The Balaban J connectivity index is 2.77. The van der Waals surface area contributed by atoms with E-state index in [-0.39, 0.29) is 18.0 Å². The van der Waals surface area contributed by atoms with E-state index >= 15 is 0 Å². The highest BCUT2D eigenvalue weighted by Gasteiger charge is 2.33. The molecule has 17 heavy (non-hydrogen) atoms. The standard InChI is InChI=1S/C10H14F3N3O/c1-16(2)3-4-17-8-5-9(10(11,12)13)15-6-7(8)14/h5-6H,3-4,14H2,1-2H3. The first-order valence-electron chi connectivity index (χ1n) is 4.91. The summed E-state index contributed by atoms with van der Waals surface area (Å²) in [5.41, 5.74) is 4.57. The minimum atomic E-state index is -4.49. The van der Waals surface area contributed by atoms with Crippen molar-refractivity contribution in [1.29, 1.82) is 0 Å². The molecule has 1 heterocycles. The number of nitrogen functional groups attached to an aromatic ring is 1. The van der Waals surface area contributed by atoms with Crippen LogP contribution in [0, 0.1) is 0 Å². The first-order chi connectivity index (χ1) is 7.80. The van der Waals surface area contributed by atoms with Gasteiger partial charge in [0.05, 0.1) is 11.9 Å². The van der Waals surface area contributed by atoms with Crippen molar-refractivity contribution in [3.05, 3.63) is 18.0 Å². The maximum absolute atomic E-state index is 12.4. The van der Waals surface area contributed by atoms with E-state index in [0.717, 1.165) is 12.3 Å². The number of likely N-dealkylation sites (N-methyl/N-ethyl adjacent to an activating group) is 1. The number of nitrogens with two attached hydrogens (primary N) is 1. The van der Waals surface area contributed by atoms with Gasteiger partial charge in [0.1, 0.15) is 18.1 Å². The number of nitrogens with zero attached hydrogens (tertiary/aromatic N) is 2. The fourth-order valence-electron chi connectivity index (χ4n) is 1.07. The first kappa shape index (κ1) is 13.6. The van der Waals surface area contributed by atoms with E-state index in [0.29, 0.717) is 6.54 Å². The summed E-state index contributed by atoms with van der Waals surface area (Å²) in [5, 5.41) is 0. The number of ether oxygens (including phenoxy) is 1. The zero-order valence-electron chi connectivity index (χ0n) is 9.58. The molecule has 0 aliphatic rings. The highest BCUT2D eigenvalue weighted by Crippen LogP contribution is 2.31. The van der Waals surface area contributed by atoms with Crippen LogP contribution < -0.4 is 10.5 Å². The Kier molecular flexibility index (Phi) is 4.17. The summed E-state index contributed by atoms with van der Waals surface area (Å²) < 4.78 is 42.3. The monoisotopic (exact) mass is 249 g/mol. The normalized spacial score (nSPS) is 11.9. The third-order valence-electron chi connectivity index (χ3n) is 1.98. The van der Waals surface area contributed by atoms with E-state index in [2.05, 4.69) is 4.98 Å². The zero-order chi connectivity index (χ0) is 13.1. The van der Waals surface area contributed by atoms with Crippen LogP contribution in [0.2, 0.25) is 0 Å². The van der Waals surface area contributed by atoms with Crippen molar-refractivity contribution in [3.63, 3.8) is 0 Å². The quantitative estimate of drug-likeness (QED) is 0.881. The Morgan fingerprint density at radius 1 is 1.41 bits per heavy atom. The largest absolute Gasteiger partial charge is 0.490 e. The summed E-state index contributed by atoms with van der Waals surface area (Å²) in [5.74, 6) is 0.00850. The van der Waals surface area contributed by atoms with Gasteiger partial charge in [0.2, 0.25) is 0 Å². The van der Waals surface area contributed by atoms with Gasteiger partial charge in [0, 0.05) is 12.6 Å². The van der Waals surface area contributed by atoms with E-state index in [1.807, 2.05) is 19.0 Å². The lowest BCUT2D eigenvalue weighted by atomic mass is 10.3. The summed E-state index contributed by atoms with van der Waals surface area (Å²) in [6.45, 7) is 0.849. The second-order valence-corrected chi connectivity index (χ2v) is 3.76. The van der Waals surface area contributed by atoms with Gasteiger partial charge in [-0.2, -0.15) is 13.2 Å². The van der Waals surface area contributed by atoms with Crippen LogP contribution in [0.15, 0.2) is 12.3 Å². The molecular weight excluding hydrogens is 235 g/mol. The lowest BCUT2D eigenvalue weighted by Gasteiger charge is -2.13. The molecule has 0 fully saturated rings. The Morgan fingerprint density at radius 2 is 2.06 bits per heavy atom. The SMILES string of the molecule is CN(C)CCOc1cc(C(F)(F)F)ncc1N. The molecule has 1 rings (SSSR count). The molecule has 4 nitrogen and oxygen atoms in total. The van der Waals surface area contributed by atoms with Crippen LogP contribution in [-0.4, -0.2) is 37.1 Å². The van der Waals surface area contributed by atoms with Crippen molar-refractivity contribution in [2.75, 3.05) is 33.0 Å². The van der Waals surface area contributed by atoms with Crippen LogP contribution in [0.5, 0.6) is 5.75 Å². The zero-order valence-corrected chi connectivity index (χ0v) is 9.58. The predicted octanol–water partition coefficient (Wildman–Crippen LogP) is 1.62. The van der Waals surface area contributed by atoms with E-state index in [1.165, 1.54) is 0 Å². The Hall–Kier alpha value is -1.50. The molecule has 0 aromatic carbocycles. The van der Waals surface area contributed by atoms with Gasteiger partial charge < -0.3 is 15.4 Å². The van der Waals surface area contributed by atoms with Gasteiger partial charge >= 0.3 is 6.18 Å². The molecule has 2 N–H and O–H groups in total. The summed E-state index contributed by atoms with van der Waals surface area (Å²) in [7, 11) is 3.67. The smallest absolute Gasteiger partial charge is 0.433 e. The van der Waals surface area contributed by atoms with Crippen molar-refractivity contribution in [1.82, 2.24) is 9.88 Å². The molecule has 0 bridgehead atoms. The van der Waals surface area contributed by atoms with E-state index in [1.54, 1.807) is 0 Å². The van der Waals surface area contributed by atoms with Gasteiger partial charge in [0.25, 0.3) is 0 Å². The average molecular weight is 249 g/mol. The average Bonchev–Trinajstić information content (AvgIpc) is 2.18. The number of alkyl halides is 3. The van der Waals surface area contributed by atoms with E-state index < -0.39 is 11.9 Å². The molecule has 1 aromatic heterocycles. The van der Waals surface area contributed by atoms with Crippen molar-refractivity contribution in [3.8, 4) is 5.75 Å². The van der Waals surface area contributed by atoms with Gasteiger partial charge in [-0.3, -0.25) is 0 Å². The molecule has 0 unspecified atom stereocenters. The number of halogens is 3.